The number of hydrogen-bond acceptors (Lipinski definition) is 4. The van der Waals surface area contributed by atoms with Crippen molar-refractivity contribution >= 4 is 0 Å². The first-order chi connectivity index (χ1) is 16.7. The van der Waals surface area contributed by atoms with Crippen molar-refractivity contribution in [1.82, 2.24) is 19.7 Å². The molecule has 0 spiro atoms. The van der Waals surface area contributed by atoms with Crippen LogP contribution in [0.5, 0.6) is 11.8 Å². The lowest BCUT2D eigenvalue weighted by molar-refractivity contribution is -0.898. The SMILES string of the molecule is C[N+]1(C)CCC(c2ccc(F)cc2)(n2ccc(=O)[nH]2)C(c2ccnc(Oc3cccc(F)c3)n2)C1. The van der Waals surface area contributed by atoms with E-state index in [1.807, 2.05) is 10.7 Å². The first kappa shape index (κ1) is 22.9. The number of quaternary nitrogens is 1. The molecule has 2 atom stereocenters. The van der Waals surface area contributed by atoms with Crippen LogP contribution in [-0.4, -0.2) is 51.4 Å². The highest BCUT2D eigenvalue weighted by molar-refractivity contribution is 5.34. The van der Waals surface area contributed by atoms with E-state index in [9.17, 15) is 13.6 Å². The fourth-order valence-corrected chi connectivity index (χ4v) is 5.03. The van der Waals surface area contributed by atoms with Gasteiger partial charge in [0.2, 0.25) is 0 Å². The van der Waals surface area contributed by atoms with Gasteiger partial charge in [-0.25, -0.2) is 13.8 Å². The summed E-state index contributed by atoms with van der Waals surface area (Å²) in [5.74, 6) is -0.683. The van der Waals surface area contributed by atoms with Crippen LogP contribution in [-0.2, 0) is 5.54 Å². The Balaban J connectivity index is 1.65. The van der Waals surface area contributed by atoms with Gasteiger partial charge < -0.3 is 9.22 Å². The van der Waals surface area contributed by atoms with Crippen molar-refractivity contribution in [2.45, 2.75) is 17.9 Å². The minimum atomic E-state index is -0.728. The molecule has 4 aromatic rings. The molecule has 1 saturated heterocycles. The second-order valence-electron chi connectivity index (χ2n) is 9.56. The molecule has 2 aromatic carbocycles. The van der Waals surface area contributed by atoms with E-state index in [2.05, 4.69) is 24.2 Å². The highest BCUT2D eigenvalue weighted by atomic mass is 19.1. The molecule has 5 rings (SSSR count). The van der Waals surface area contributed by atoms with Crippen molar-refractivity contribution in [3.8, 4) is 11.8 Å². The highest BCUT2D eigenvalue weighted by Crippen LogP contribution is 2.47. The van der Waals surface area contributed by atoms with Gasteiger partial charge in [0.25, 0.3) is 5.56 Å². The third-order valence-electron chi connectivity index (χ3n) is 6.75. The van der Waals surface area contributed by atoms with Crippen LogP contribution in [0.1, 0.15) is 23.6 Å². The molecule has 0 radical (unpaired) electrons. The van der Waals surface area contributed by atoms with Gasteiger partial charge in [-0.3, -0.25) is 14.6 Å². The molecule has 2 aromatic heterocycles. The zero-order valence-corrected chi connectivity index (χ0v) is 19.5. The lowest BCUT2D eigenvalue weighted by Gasteiger charge is -2.50. The summed E-state index contributed by atoms with van der Waals surface area (Å²) in [7, 11) is 4.29. The van der Waals surface area contributed by atoms with Crippen LogP contribution in [0.2, 0.25) is 0 Å². The van der Waals surface area contributed by atoms with Crippen LogP contribution in [0.25, 0.3) is 0 Å². The minimum Gasteiger partial charge on any atom is -0.424 e. The van der Waals surface area contributed by atoms with Gasteiger partial charge in [0.15, 0.2) is 0 Å². The van der Waals surface area contributed by atoms with Crippen LogP contribution < -0.4 is 10.3 Å². The predicted molar refractivity (Wildman–Crippen MR) is 126 cm³/mol. The smallest absolute Gasteiger partial charge is 0.322 e. The number of nitrogens with one attached hydrogen (secondary N) is 1. The van der Waals surface area contributed by atoms with E-state index in [0.717, 1.165) is 16.6 Å². The van der Waals surface area contributed by atoms with Crippen molar-refractivity contribution in [2.24, 2.45) is 0 Å². The van der Waals surface area contributed by atoms with Crippen LogP contribution in [0.4, 0.5) is 8.78 Å². The number of aromatic amines is 1. The number of benzene rings is 2. The Kier molecular flexibility index (Phi) is 5.72. The van der Waals surface area contributed by atoms with E-state index in [4.69, 9.17) is 9.72 Å². The quantitative estimate of drug-likeness (QED) is 0.440. The Labute approximate surface area is 201 Å². The topological polar surface area (TPSA) is 72.8 Å². The van der Waals surface area contributed by atoms with E-state index in [0.29, 0.717) is 24.4 Å². The monoisotopic (exact) mass is 478 g/mol. The number of likely N-dealkylation sites (tertiary alicyclic amines) is 1. The number of rotatable bonds is 5. The molecule has 180 valence electrons. The van der Waals surface area contributed by atoms with Crippen molar-refractivity contribution in [3.63, 3.8) is 0 Å². The largest absolute Gasteiger partial charge is 0.424 e. The van der Waals surface area contributed by atoms with Crippen LogP contribution in [0.15, 0.2) is 77.9 Å². The van der Waals surface area contributed by atoms with Gasteiger partial charge in [-0.15, -0.1) is 0 Å². The van der Waals surface area contributed by atoms with Gasteiger partial charge in [0.1, 0.15) is 22.9 Å². The van der Waals surface area contributed by atoms with Gasteiger partial charge in [-0.05, 0) is 35.9 Å². The third-order valence-corrected chi connectivity index (χ3v) is 6.75. The summed E-state index contributed by atoms with van der Waals surface area (Å²) in [6.45, 7) is 1.51. The fourth-order valence-electron chi connectivity index (χ4n) is 5.03. The minimum absolute atomic E-state index is 0.0954. The second kappa shape index (κ2) is 8.74. The number of likely N-dealkylation sites (N-methyl/N-ethyl adjacent to an activating group) is 1. The summed E-state index contributed by atoms with van der Waals surface area (Å²) >= 11 is 0. The van der Waals surface area contributed by atoms with Crippen molar-refractivity contribution < 1.29 is 18.0 Å². The fraction of sp³-hybridized carbons (Fsp3) is 0.269. The highest BCUT2D eigenvalue weighted by Gasteiger charge is 2.51. The molecule has 1 aliphatic rings. The van der Waals surface area contributed by atoms with Crippen molar-refractivity contribution in [2.75, 3.05) is 27.2 Å². The maximum absolute atomic E-state index is 13.9. The molecule has 3 heterocycles. The Morgan fingerprint density at radius 1 is 1.09 bits per heavy atom. The molecule has 0 bridgehead atoms. The molecular weight excluding hydrogens is 452 g/mol. The van der Waals surface area contributed by atoms with Gasteiger partial charge >= 0.3 is 6.01 Å². The first-order valence-corrected chi connectivity index (χ1v) is 11.4. The molecule has 0 aliphatic carbocycles. The summed E-state index contributed by atoms with van der Waals surface area (Å²) in [6, 6.07) is 15.6. The maximum atomic E-state index is 13.9. The van der Waals surface area contributed by atoms with Gasteiger partial charge in [-0.1, -0.05) is 18.2 Å². The first-order valence-electron chi connectivity index (χ1n) is 11.4. The normalized spacial score (nSPS) is 21.5. The van der Waals surface area contributed by atoms with Gasteiger partial charge in [0, 0.05) is 30.9 Å². The molecule has 1 N–H and O–H groups in total. The average molecular weight is 479 g/mol. The van der Waals surface area contributed by atoms with Crippen LogP contribution >= 0.6 is 0 Å². The number of H-pyrrole nitrogens is 1. The van der Waals surface area contributed by atoms with Gasteiger partial charge in [-0.2, -0.15) is 4.98 Å². The zero-order valence-electron chi connectivity index (χ0n) is 19.5. The van der Waals surface area contributed by atoms with Crippen LogP contribution in [0.3, 0.4) is 0 Å². The van der Waals surface area contributed by atoms with Crippen molar-refractivity contribution in [1.29, 1.82) is 0 Å². The number of hydrogen-bond donors (Lipinski definition) is 1. The summed E-state index contributed by atoms with van der Waals surface area (Å²) in [4.78, 5) is 21.1. The van der Waals surface area contributed by atoms with E-state index in [1.165, 1.54) is 30.3 Å². The number of halogens is 2. The number of aromatic nitrogens is 4. The average Bonchev–Trinajstić information content (AvgIpc) is 3.26. The maximum Gasteiger partial charge on any atom is 0.322 e. The second-order valence-corrected chi connectivity index (χ2v) is 9.56. The summed E-state index contributed by atoms with van der Waals surface area (Å²) in [5, 5.41) is 2.93. The van der Waals surface area contributed by atoms with E-state index in [1.54, 1.807) is 36.7 Å². The Bertz CT molecular complexity index is 1400. The molecule has 9 heteroatoms. The summed E-state index contributed by atoms with van der Waals surface area (Å²) in [6.07, 6.45) is 4.01. The third kappa shape index (κ3) is 4.46. The molecule has 2 unspecified atom stereocenters. The Morgan fingerprint density at radius 2 is 1.89 bits per heavy atom. The molecule has 1 fully saturated rings. The lowest BCUT2D eigenvalue weighted by atomic mass is 9.70. The molecule has 0 amide bonds. The van der Waals surface area contributed by atoms with Crippen LogP contribution in [0, 0.1) is 11.6 Å². The number of nitrogens with zero attached hydrogens (tertiary/aromatic N) is 4. The summed E-state index contributed by atoms with van der Waals surface area (Å²) < 4.78 is 35.8. The van der Waals surface area contributed by atoms with E-state index in [-0.39, 0.29) is 23.3 Å². The predicted octanol–water partition coefficient (Wildman–Crippen LogP) is 4.04. The van der Waals surface area contributed by atoms with Crippen molar-refractivity contribution in [3.05, 3.63) is 106 Å². The molecule has 1 aliphatic heterocycles. The molecule has 7 nitrogen and oxygen atoms in total. The standard InChI is InChI=1S/C26H25F2N5O2/c1-33(2)15-12-26(32-14-11-24(34)31-32,18-6-8-19(27)9-7-18)22(17-33)23-10-13-29-25(30-23)35-21-5-3-4-20(28)16-21/h3-11,13-14,16,22H,12,15,17H2,1-2H3/p+1. The van der Waals surface area contributed by atoms with E-state index < -0.39 is 11.4 Å². The Morgan fingerprint density at radius 3 is 2.60 bits per heavy atom. The molecule has 35 heavy (non-hydrogen) atoms. The number of ether oxygens (including phenoxy) is 1. The lowest BCUT2D eigenvalue weighted by Crippen LogP contribution is -2.58. The Hall–Kier alpha value is -3.85. The zero-order chi connectivity index (χ0) is 24.6. The molecular formula is C26H26F2N5O2+. The van der Waals surface area contributed by atoms with Gasteiger partial charge in [0.05, 0.1) is 38.8 Å². The molecule has 0 saturated carbocycles. The van der Waals surface area contributed by atoms with E-state index >= 15 is 0 Å². The number of piperidine rings is 1. The summed E-state index contributed by atoms with van der Waals surface area (Å²) in [5.41, 5.74) is 0.620.